The molecule has 3 aromatic rings. The number of aryl methyl sites for hydroxylation is 1. The van der Waals surface area contributed by atoms with Gasteiger partial charge >= 0.3 is 0 Å². The van der Waals surface area contributed by atoms with Crippen LogP contribution in [-0.2, 0) is 6.42 Å². The molecule has 1 aromatic heterocycles. The highest BCUT2D eigenvalue weighted by Gasteiger charge is 2.07. The SMILES string of the molecule is Cc1[nH]c2ccccc2c1CCNC(=S)Nc1ccc(Cl)cc1. The number of thiocarbonyl (C=S) groups is 1. The van der Waals surface area contributed by atoms with Gasteiger partial charge < -0.3 is 15.6 Å². The van der Waals surface area contributed by atoms with Crippen LogP contribution in [0.2, 0.25) is 5.02 Å². The fourth-order valence-corrected chi connectivity index (χ4v) is 3.01. The molecule has 0 aliphatic heterocycles. The zero-order chi connectivity index (χ0) is 16.2. The summed E-state index contributed by atoms with van der Waals surface area (Å²) in [4.78, 5) is 3.42. The molecule has 2 aromatic carbocycles. The molecule has 0 radical (unpaired) electrons. The van der Waals surface area contributed by atoms with Crippen LogP contribution in [-0.4, -0.2) is 16.6 Å². The molecule has 0 saturated heterocycles. The van der Waals surface area contributed by atoms with E-state index in [9.17, 15) is 0 Å². The Labute approximate surface area is 146 Å². The summed E-state index contributed by atoms with van der Waals surface area (Å²) in [5.74, 6) is 0. The van der Waals surface area contributed by atoms with Crippen LogP contribution in [0.4, 0.5) is 5.69 Å². The molecular weight excluding hydrogens is 326 g/mol. The summed E-state index contributed by atoms with van der Waals surface area (Å²) in [6.07, 6.45) is 0.915. The smallest absolute Gasteiger partial charge is 0.170 e. The summed E-state index contributed by atoms with van der Waals surface area (Å²) in [5.41, 5.74) is 4.66. The lowest BCUT2D eigenvalue weighted by atomic mass is 10.1. The number of aromatic amines is 1. The van der Waals surface area contributed by atoms with Gasteiger partial charge in [0.1, 0.15) is 0 Å². The highest BCUT2D eigenvalue weighted by Crippen LogP contribution is 2.21. The van der Waals surface area contributed by atoms with E-state index in [-0.39, 0.29) is 0 Å². The fourth-order valence-electron chi connectivity index (χ4n) is 2.67. The number of nitrogens with one attached hydrogen (secondary N) is 3. The minimum Gasteiger partial charge on any atom is -0.362 e. The van der Waals surface area contributed by atoms with E-state index >= 15 is 0 Å². The van der Waals surface area contributed by atoms with E-state index < -0.39 is 0 Å². The van der Waals surface area contributed by atoms with Gasteiger partial charge in [0.2, 0.25) is 0 Å². The topological polar surface area (TPSA) is 39.9 Å². The molecule has 3 rings (SSSR count). The molecule has 0 aliphatic carbocycles. The van der Waals surface area contributed by atoms with Gasteiger partial charge in [0, 0.05) is 33.9 Å². The van der Waals surface area contributed by atoms with Crippen molar-refractivity contribution >= 4 is 45.5 Å². The molecule has 3 N–H and O–H groups in total. The first-order valence-corrected chi connectivity index (χ1v) is 8.29. The van der Waals surface area contributed by atoms with Gasteiger partial charge in [-0.3, -0.25) is 0 Å². The molecule has 0 aliphatic rings. The summed E-state index contributed by atoms with van der Waals surface area (Å²) in [6.45, 7) is 2.89. The van der Waals surface area contributed by atoms with Gasteiger partial charge in [0.15, 0.2) is 5.11 Å². The standard InChI is InChI=1S/C18H18ClN3S/c1-12-15(16-4-2-3-5-17(16)21-12)10-11-20-18(23)22-14-8-6-13(19)7-9-14/h2-9,21H,10-11H2,1H3,(H2,20,22,23). The lowest BCUT2D eigenvalue weighted by molar-refractivity contribution is 0.871. The Hall–Kier alpha value is -2.04. The Kier molecular flexibility index (Phi) is 4.84. The Balaban J connectivity index is 1.57. The van der Waals surface area contributed by atoms with Crippen LogP contribution in [0.3, 0.4) is 0 Å². The second-order valence-electron chi connectivity index (χ2n) is 5.41. The van der Waals surface area contributed by atoms with E-state index in [4.69, 9.17) is 23.8 Å². The van der Waals surface area contributed by atoms with Crippen LogP contribution >= 0.6 is 23.8 Å². The Morgan fingerprint density at radius 2 is 1.87 bits per heavy atom. The monoisotopic (exact) mass is 343 g/mol. The first-order chi connectivity index (χ1) is 11.1. The van der Waals surface area contributed by atoms with Gasteiger partial charge in [-0.15, -0.1) is 0 Å². The molecular formula is C18H18ClN3S. The van der Waals surface area contributed by atoms with Crippen LogP contribution in [0, 0.1) is 6.92 Å². The number of benzene rings is 2. The molecule has 118 valence electrons. The summed E-state index contributed by atoms with van der Waals surface area (Å²) >= 11 is 11.2. The normalized spacial score (nSPS) is 10.7. The zero-order valence-electron chi connectivity index (χ0n) is 12.8. The molecule has 5 heteroatoms. The van der Waals surface area contributed by atoms with Gasteiger partial charge in [-0.1, -0.05) is 29.8 Å². The van der Waals surface area contributed by atoms with E-state index in [0.29, 0.717) is 10.1 Å². The lowest BCUT2D eigenvalue weighted by Crippen LogP contribution is -2.30. The van der Waals surface area contributed by atoms with Crippen LogP contribution in [0.1, 0.15) is 11.3 Å². The number of rotatable bonds is 4. The van der Waals surface area contributed by atoms with Gasteiger partial charge in [0.05, 0.1) is 0 Å². The van der Waals surface area contributed by atoms with Crippen LogP contribution in [0.25, 0.3) is 10.9 Å². The molecule has 0 atom stereocenters. The molecule has 3 nitrogen and oxygen atoms in total. The number of para-hydroxylation sites is 1. The molecule has 0 fully saturated rings. The van der Waals surface area contributed by atoms with Gasteiger partial charge in [0.25, 0.3) is 0 Å². The van der Waals surface area contributed by atoms with Crippen LogP contribution in [0.5, 0.6) is 0 Å². The predicted molar refractivity (Wildman–Crippen MR) is 102 cm³/mol. The van der Waals surface area contributed by atoms with Crippen molar-refractivity contribution in [3.05, 3.63) is 64.8 Å². The van der Waals surface area contributed by atoms with Gasteiger partial charge in [-0.25, -0.2) is 0 Å². The third-order valence-corrected chi connectivity index (χ3v) is 4.29. The van der Waals surface area contributed by atoms with Gasteiger partial charge in [-0.05, 0) is 61.5 Å². The van der Waals surface area contributed by atoms with Crippen molar-refractivity contribution < 1.29 is 0 Å². The van der Waals surface area contributed by atoms with Gasteiger partial charge in [-0.2, -0.15) is 0 Å². The minimum absolute atomic E-state index is 0.616. The first-order valence-electron chi connectivity index (χ1n) is 7.50. The fraction of sp³-hybridized carbons (Fsp3) is 0.167. The number of H-pyrrole nitrogens is 1. The Morgan fingerprint density at radius 1 is 1.13 bits per heavy atom. The maximum Gasteiger partial charge on any atom is 0.170 e. The average Bonchev–Trinajstić information content (AvgIpc) is 2.86. The molecule has 0 unspecified atom stereocenters. The number of hydrogen-bond donors (Lipinski definition) is 3. The molecule has 0 amide bonds. The van der Waals surface area contributed by atoms with E-state index in [1.165, 1.54) is 22.2 Å². The van der Waals surface area contributed by atoms with Crippen LogP contribution < -0.4 is 10.6 Å². The highest BCUT2D eigenvalue weighted by molar-refractivity contribution is 7.80. The van der Waals surface area contributed by atoms with Crippen molar-refractivity contribution in [2.24, 2.45) is 0 Å². The van der Waals surface area contributed by atoms with Crippen molar-refractivity contribution in [1.29, 1.82) is 0 Å². The van der Waals surface area contributed by atoms with Crippen molar-refractivity contribution in [3.8, 4) is 0 Å². The van der Waals surface area contributed by atoms with E-state index in [1.54, 1.807) is 0 Å². The largest absolute Gasteiger partial charge is 0.362 e. The third-order valence-electron chi connectivity index (χ3n) is 3.79. The molecule has 1 heterocycles. The Morgan fingerprint density at radius 3 is 2.65 bits per heavy atom. The van der Waals surface area contributed by atoms with Crippen molar-refractivity contribution in [3.63, 3.8) is 0 Å². The van der Waals surface area contributed by atoms with Crippen molar-refractivity contribution in [2.45, 2.75) is 13.3 Å². The number of halogens is 1. The molecule has 0 saturated carbocycles. The van der Waals surface area contributed by atoms with Crippen LogP contribution in [0.15, 0.2) is 48.5 Å². The van der Waals surface area contributed by atoms with E-state index in [0.717, 1.165) is 18.7 Å². The highest BCUT2D eigenvalue weighted by atomic mass is 35.5. The number of fused-ring (bicyclic) bond motifs is 1. The first kappa shape index (κ1) is 15.8. The number of anilines is 1. The maximum absolute atomic E-state index is 5.87. The Bertz CT molecular complexity index is 824. The number of hydrogen-bond acceptors (Lipinski definition) is 1. The molecule has 0 bridgehead atoms. The van der Waals surface area contributed by atoms with E-state index in [1.807, 2.05) is 30.3 Å². The maximum atomic E-state index is 5.87. The van der Waals surface area contributed by atoms with Crippen molar-refractivity contribution in [1.82, 2.24) is 10.3 Å². The van der Waals surface area contributed by atoms with E-state index in [2.05, 4.69) is 40.7 Å². The predicted octanol–water partition coefficient (Wildman–Crippen LogP) is 4.66. The summed E-state index contributed by atoms with van der Waals surface area (Å²) in [5, 5.41) is 9.01. The lowest BCUT2D eigenvalue weighted by Gasteiger charge is -2.10. The van der Waals surface area contributed by atoms with Crippen molar-refractivity contribution in [2.75, 3.05) is 11.9 Å². The zero-order valence-corrected chi connectivity index (χ0v) is 14.4. The summed E-state index contributed by atoms with van der Waals surface area (Å²) < 4.78 is 0. The number of aromatic nitrogens is 1. The summed E-state index contributed by atoms with van der Waals surface area (Å²) in [7, 11) is 0. The second-order valence-corrected chi connectivity index (χ2v) is 6.26. The average molecular weight is 344 g/mol. The molecule has 0 spiro atoms. The summed E-state index contributed by atoms with van der Waals surface area (Å²) in [6, 6.07) is 15.8. The second kappa shape index (κ2) is 7.02. The minimum atomic E-state index is 0.616. The molecule has 23 heavy (non-hydrogen) atoms. The third kappa shape index (κ3) is 3.84. The quantitative estimate of drug-likeness (QED) is 0.603.